The zero-order valence-corrected chi connectivity index (χ0v) is 19.8. The van der Waals surface area contributed by atoms with E-state index in [-0.39, 0.29) is 56.8 Å². The van der Waals surface area contributed by atoms with Gasteiger partial charge in [-0.15, -0.1) is 0 Å². The van der Waals surface area contributed by atoms with Crippen molar-refractivity contribution in [1.82, 2.24) is 14.7 Å². The minimum atomic E-state index is -4.12. The third-order valence-electron chi connectivity index (χ3n) is 6.66. The van der Waals surface area contributed by atoms with Gasteiger partial charge in [0.05, 0.1) is 6.26 Å². The number of aryl methyl sites for hydroxylation is 1. The van der Waals surface area contributed by atoms with Gasteiger partial charge in [-0.2, -0.15) is 0 Å². The van der Waals surface area contributed by atoms with Gasteiger partial charge in [0.2, 0.25) is 10.0 Å². The molecular formula is C23H29N3O7S. The standard InChI is InChI=1S/C23H29N3O7S/c1-17-4-6-18(7-5-17)33-19-8-12-26(13-9-19)34(30,31)23(22(28)24-29)10-14-25(15-11-23)21(27)20-3-2-16-32-20/h2-7,16,19,29H,8-15H2,1H3,(H,24,28). The molecule has 184 valence electrons. The molecule has 0 saturated carbocycles. The average Bonchev–Trinajstić information content (AvgIpc) is 3.40. The summed E-state index contributed by atoms with van der Waals surface area (Å²) >= 11 is 0. The second kappa shape index (κ2) is 9.77. The summed E-state index contributed by atoms with van der Waals surface area (Å²) in [4.78, 5) is 26.7. The molecule has 2 saturated heterocycles. The molecule has 1 aromatic carbocycles. The Balaban J connectivity index is 1.44. The smallest absolute Gasteiger partial charge is 0.289 e. The summed E-state index contributed by atoms with van der Waals surface area (Å²) < 4.78 is 37.9. The van der Waals surface area contributed by atoms with E-state index in [2.05, 4.69) is 0 Å². The van der Waals surface area contributed by atoms with Gasteiger partial charge >= 0.3 is 0 Å². The molecule has 0 spiro atoms. The molecule has 0 radical (unpaired) electrons. The molecule has 2 N–H and O–H groups in total. The van der Waals surface area contributed by atoms with E-state index in [9.17, 15) is 23.2 Å². The second-order valence-electron chi connectivity index (χ2n) is 8.74. The van der Waals surface area contributed by atoms with Gasteiger partial charge in [-0.1, -0.05) is 17.7 Å². The number of hydrogen-bond acceptors (Lipinski definition) is 7. The van der Waals surface area contributed by atoms with E-state index in [0.717, 1.165) is 11.3 Å². The van der Waals surface area contributed by atoms with E-state index >= 15 is 0 Å². The fraction of sp³-hybridized carbons (Fsp3) is 0.478. The Hall–Kier alpha value is -2.89. The molecule has 2 aliphatic rings. The lowest BCUT2D eigenvalue weighted by atomic mass is 9.94. The van der Waals surface area contributed by atoms with Gasteiger partial charge in [0.25, 0.3) is 11.8 Å². The summed E-state index contributed by atoms with van der Waals surface area (Å²) in [7, 11) is -4.12. The maximum absolute atomic E-state index is 13.7. The first kappa shape index (κ1) is 24.2. The molecule has 0 aliphatic carbocycles. The maximum atomic E-state index is 13.7. The normalized spacial score (nSPS) is 19.5. The Kier molecular flexibility index (Phi) is 6.96. The minimum absolute atomic E-state index is 0.0409. The van der Waals surface area contributed by atoms with Gasteiger partial charge < -0.3 is 14.1 Å². The van der Waals surface area contributed by atoms with E-state index in [1.54, 1.807) is 11.5 Å². The third kappa shape index (κ3) is 4.55. The Labute approximate surface area is 198 Å². The van der Waals surface area contributed by atoms with Crippen LogP contribution in [0.15, 0.2) is 47.1 Å². The van der Waals surface area contributed by atoms with Crippen LogP contribution < -0.4 is 10.2 Å². The van der Waals surface area contributed by atoms with Crippen molar-refractivity contribution in [1.29, 1.82) is 0 Å². The number of benzene rings is 1. The highest BCUT2D eigenvalue weighted by Crippen LogP contribution is 2.36. The van der Waals surface area contributed by atoms with E-state index in [1.807, 2.05) is 31.2 Å². The van der Waals surface area contributed by atoms with Crippen molar-refractivity contribution in [3.8, 4) is 5.75 Å². The lowest BCUT2D eigenvalue weighted by Crippen LogP contribution is -2.62. The van der Waals surface area contributed by atoms with E-state index < -0.39 is 20.7 Å². The average molecular weight is 492 g/mol. The van der Waals surface area contributed by atoms with Crippen molar-refractivity contribution in [2.24, 2.45) is 0 Å². The van der Waals surface area contributed by atoms with Gasteiger partial charge in [-0.25, -0.2) is 18.2 Å². The molecule has 34 heavy (non-hydrogen) atoms. The largest absolute Gasteiger partial charge is 0.490 e. The molecule has 3 heterocycles. The van der Waals surface area contributed by atoms with Crippen LogP contribution >= 0.6 is 0 Å². The van der Waals surface area contributed by atoms with Crippen LogP contribution in [0.3, 0.4) is 0 Å². The van der Waals surface area contributed by atoms with Gasteiger partial charge in [-0.3, -0.25) is 14.8 Å². The molecule has 10 nitrogen and oxygen atoms in total. The SMILES string of the molecule is Cc1ccc(OC2CCN(S(=O)(=O)C3(C(=O)NO)CCN(C(=O)c4ccco4)CC3)CC2)cc1. The van der Waals surface area contributed by atoms with E-state index in [0.29, 0.717) is 12.8 Å². The van der Waals surface area contributed by atoms with Crippen molar-refractivity contribution in [3.63, 3.8) is 0 Å². The number of hydrogen-bond donors (Lipinski definition) is 2. The van der Waals surface area contributed by atoms with Gasteiger partial charge in [0, 0.05) is 26.2 Å². The Morgan fingerprint density at radius 2 is 1.74 bits per heavy atom. The first-order valence-electron chi connectivity index (χ1n) is 11.3. The fourth-order valence-corrected chi connectivity index (χ4v) is 6.74. The number of nitrogens with zero attached hydrogens (tertiary/aromatic N) is 2. The van der Waals surface area contributed by atoms with E-state index in [4.69, 9.17) is 9.15 Å². The number of carbonyl (C=O) groups is 2. The van der Waals surface area contributed by atoms with Crippen molar-refractivity contribution in [2.45, 2.75) is 43.5 Å². The number of nitrogens with one attached hydrogen (secondary N) is 1. The summed E-state index contributed by atoms with van der Waals surface area (Å²) in [5.41, 5.74) is 2.67. The Morgan fingerprint density at radius 3 is 2.29 bits per heavy atom. The van der Waals surface area contributed by atoms with Crippen molar-refractivity contribution < 1.29 is 32.4 Å². The molecule has 2 aliphatic heterocycles. The number of carbonyl (C=O) groups excluding carboxylic acids is 2. The van der Waals surface area contributed by atoms with Crippen LogP contribution in [0.25, 0.3) is 0 Å². The summed E-state index contributed by atoms with van der Waals surface area (Å²) in [5.74, 6) is -0.459. The molecule has 11 heteroatoms. The van der Waals surface area contributed by atoms with Crippen LogP contribution in [0.2, 0.25) is 0 Å². The number of furan rings is 1. The summed E-state index contributed by atoms with van der Waals surface area (Å²) in [6.45, 7) is 2.48. The molecular weight excluding hydrogens is 462 g/mol. The number of sulfonamides is 1. The fourth-order valence-electron chi connectivity index (χ4n) is 4.58. The van der Waals surface area contributed by atoms with Crippen molar-refractivity contribution in [2.75, 3.05) is 26.2 Å². The zero-order valence-electron chi connectivity index (χ0n) is 19.0. The van der Waals surface area contributed by atoms with Crippen LogP contribution in [0.5, 0.6) is 5.75 Å². The highest BCUT2D eigenvalue weighted by molar-refractivity contribution is 7.91. The lowest BCUT2D eigenvalue weighted by Gasteiger charge is -2.43. The number of amides is 2. The van der Waals surface area contributed by atoms with Crippen molar-refractivity contribution >= 4 is 21.8 Å². The van der Waals surface area contributed by atoms with Gasteiger partial charge in [0.15, 0.2) is 10.5 Å². The first-order chi connectivity index (χ1) is 16.3. The predicted octanol–water partition coefficient (Wildman–Crippen LogP) is 1.94. The summed E-state index contributed by atoms with van der Waals surface area (Å²) in [6, 6.07) is 10.8. The zero-order chi connectivity index (χ0) is 24.3. The minimum Gasteiger partial charge on any atom is -0.490 e. The summed E-state index contributed by atoms with van der Waals surface area (Å²) in [6.07, 6.45) is 1.95. The van der Waals surface area contributed by atoms with Crippen LogP contribution in [0, 0.1) is 6.92 Å². The number of rotatable bonds is 6. The number of ether oxygens (including phenoxy) is 1. The molecule has 2 fully saturated rings. The lowest BCUT2D eigenvalue weighted by molar-refractivity contribution is -0.133. The highest BCUT2D eigenvalue weighted by Gasteiger charge is 2.55. The van der Waals surface area contributed by atoms with Crippen LogP contribution in [0.1, 0.15) is 41.8 Å². The molecule has 0 atom stereocenters. The predicted molar refractivity (Wildman–Crippen MR) is 122 cm³/mol. The molecule has 2 aromatic rings. The molecule has 0 unspecified atom stereocenters. The highest BCUT2D eigenvalue weighted by atomic mass is 32.2. The maximum Gasteiger partial charge on any atom is 0.289 e. The van der Waals surface area contributed by atoms with Crippen molar-refractivity contribution in [3.05, 3.63) is 54.0 Å². The number of likely N-dealkylation sites (tertiary alicyclic amines) is 1. The topological polar surface area (TPSA) is 129 Å². The Bertz CT molecular complexity index is 1100. The van der Waals surface area contributed by atoms with Gasteiger partial charge in [0.1, 0.15) is 11.9 Å². The Morgan fingerprint density at radius 1 is 1.09 bits per heavy atom. The van der Waals surface area contributed by atoms with Crippen LogP contribution in [0.4, 0.5) is 0 Å². The molecule has 1 aromatic heterocycles. The molecule has 4 rings (SSSR count). The molecule has 0 bridgehead atoms. The monoisotopic (exact) mass is 491 g/mol. The quantitative estimate of drug-likeness (QED) is 0.467. The van der Waals surface area contributed by atoms with Crippen LogP contribution in [-0.2, 0) is 14.8 Å². The van der Waals surface area contributed by atoms with Gasteiger partial charge in [-0.05, 0) is 56.9 Å². The molecule has 2 amide bonds. The van der Waals surface area contributed by atoms with Crippen LogP contribution in [-0.4, -0.2) is 71.7 Å². The second-order valence-corrected chi connectivity index (χ2v) is 11.0. The van der Waals surface area contributed by atoms with E-state index in [1.165, 1.54) is 21.5 Å². The number of piperidine rings is 2. The third-order valence-corrected chi connectivity index (χ3v) is 9.29. The first-order valence-corrected chi connectivity index (χ1v) is 12.7. The summed E-state index contributed by atoms with van der Waals surface area (Å²) in [5, 5.41) is 9.37. The number of hydroxylamine groups is 1.